The maximum Gasteiger partial charge on any atom is 0.225 e. The number of likely N-dealkylation sites (N-methyl/N-ethyl adjacent to an activating group) is 1. The molecule has 3 N–H and O–H groups in total. The second-order valence-corrected chi connectivity index (χ2v) is 11.1. The van der Waals surface area contributed by atoms with Crippen LogP contribution < -0.4 is 5.73 Å². The van der Waals surface area contributed by atoms with Gasteiger partial charge < -0.3 is 25.3 Å². The lowest BCUT2D eigenvalue weighted by atomic mass is 9.91. The molecule has 194 valence electrons. The number of piperazine rings is 1. The van der Waals surface area contributed by atoms with Gasteiger partial charge in [0.15, 0.2) is 0 Å². The van der Waals surface area contributed by atoms with Gasteiger partial charge in [-0.3, -0.25) is 15.0 Å². The van der Waals surface area contributed by atoms with Gasteiger partial charge in [0, 0.05) is 76.5 Å². The van der Waals surface area contributed by atoms with Crippen molar-refractivity contribution in [2.24, 2.45) is 17.6 Å². The summed E-state index contributed by atoms with van der Waals surface area (Å²) in [7, 11) is 2.10. The second kappa shape index (κ2) is 10.6. The maximum atomic E-state index is 13.1. The first kappa shape index (κ1) is 24.8. The molecule has 0 unspecified atom stereocenters. The largest absolute Gasteiger partial charge is 0.398 e. The zero-order valence-corrected chi connectivity index (χ0v) is 21.5. The summed E-state index contributed by atoms with van der Waals surface area (Å²) in [6, 6.07) is 6.26. The van der Waals surface area contributed by atoms with Crippen LogP contribution in [0, 0.1) is 17.2 Å². The lowest BCUT2D eigenvalue weighted by molar-refractivity contribution is -0.135. The highest BCUT2D eigenvalue weighted by Gasteiger charge is 2.35. The first-order valence-corrected chi connectivity index (χ1v) is 13.6. The molecule has 1 aliphatic carbocycles. The minimum Gasteiger partial charge on any atom is -0.398 e. The SMILES string of the molecule is CN1CCN(C(=N)/C=C(\N)c2ccc3c(c2)CN(C(=O)CC2CCN(C(=O)C4CC4)CC2)CC3)CC1. The first-order chi connectivity index (χ1) is 17.4. The van der Waals surface area contributed by atoms with Crippen molar-refractivity contribution in [2.75, 3.05) is 52.9 Å². The minimum atomic E-state index is 0.221. The first-order valence-electron chi connectivity index (χ1n) is 13.6. The van der Waals surface area contributed by atoms with E-state index in [1.807, 2.05) is 15.9 Å². The molecular weight excluding hydrogens is 452 g/mol. The van der Waals surface area contributed by atoms with Gasteiger partial charge in [-0.25, -0.2) is 0 Å². The maximum absolute atomic E-state index is 13.1. The fourth-order valence-corrected chi connectivity index (χ4v) is 5.64. The number of carbonyl (C=O) groups is 2. The number of nitrogens with two attached hydrogens (primary N) is 1. The van der Waals surface area contributed by atoms with Crippen LogP contribution in [0.25, 0.3) is 5.70 Å². The zero-order chi connectivity index (χ0) is 25.2. The Morgan fingerprint density at radius 1 is 0.944 bits per heavy atom. The van der Waals surface area contributed by atoms with Crippen molar-refractivity contribution in [3.05, 3.63) is 41.0 Å². The van der Waals surface area contributed by atoms with E-state index in [1.165, 1.54) is 5.56 Å². The van der Waals surface area contributed by atoms with Gasteiger partial charge in [0.1, 0.15) is 5.84 Å². The van der Waals surface area contributed by atoms with Crippen molar-refractivity contribution < 1.29 is 9.59 Å². The molecule has 0 spiro atoms. The molecule has 8 nitrogen and oxygen atoms in total. The van der Waals surface area contributed by atoms with E-state index in [4.69, 9.17) is 11.1 Å². The fraction of sp³-hybridized carbons (Fsp3) is 0.607. The molecule has 2 saturated heterocycles. The number of amidine groups is 1. The predicted octanol–water partition coefficient (Wildman–Crippen LogP) is 2.13. The number of hydrogen-bond donors (Lipinski definition) is 2. The molecule has 5 rings (SSSR count). The van der Waals surface area contributed by atoms with Crippen LogP contribution in [0.2, 0.25) is 0 Å². The Morgan fingerprint density at radius 2 is 1.67 bits per heavy atom. The minimum absolute atomic E-state index is 0.221. The van der Waals surface area contributed by atoms with Crippen LogP contribution in [0.3, 0.4) is 0 Å². The third-order valence-electron chi connectivity index (χ3n) is 8.36. The lowest BCUT2D eigenvalue weighted by Gasteiger charge is -2.34. The van der Waals surface area contributed by atoms with Gasteiger partial charge in [0.25, 0.3) is 0 Å². The Hall–Kier alpha value is -2.87. The van der Waals surface area contributed by atoms with E-state index in [-0.39, 0.29) is 11.8 Å². The van der Waals surface area contributed by atoms with Gasteiger partial charge in [-0.2, -0.15) is 0 Å². The quantitative estimate of drug-likeness (QED) is 0.485. The highest BCUT2D eigenvalue weighted by atomic mass is 16.2. The fourth-order valence-electron chi connectivity index (χ4n) is 5.64. The Kier molecular flexibility index (Phi) is 7.32. The van der Waals surface area contributed by atoms with Crippen molar-refractivity contribution >= 4 is 23.3 Å². The van der Waals surface area contributed by atoms with E-state index >= 15 is 0 Å². The Bertz CT molecular complexity index is 1030. The van der Waals surface area contributed by atoms with Crippen LogP contribution >= 0.6 is 0 Å². The molecule has 1 aromatic rings. The summed E-state index contributed by atoms with van der Waals surface area (Å²) in [5.74, 6) is 1.66. The van der Waals surface area contributed by atoms with Crippen LogP contribution in [0.4, 0.5) is 0 Å². The molecule has 36 heavy (non-hydrogen) atoms. The molecule has 1 saturated carbocycles. The third-order valence-corrected chi connectivity index (χ3v) is 8.36. The summed E-state index contributed by atoms with van der Waals surface area (Å²) in [6.45, 7) is 6.57. The number of likely N-dealkylation sites (tertiary alicyclic amines) is 1. The molecule has 2 amide bonds. The number of hydrogen-bond acceptors (Lipinski definition) is 5. The smallest absolute Gasteiger partial charge is 0.225 e. The van der Waals surface area contributed by atoms with Crippen molar-refractivity contribution in [1.29, 1.82) is 5.41 Å². The average Bonchev–Trinajstić information content (AvgIpc) is 3.74. The van der Waals surface area contributed by atoms with Gasteiger partial charge in [-0.1, -0.05) is 12.1 Å². The summed E-state index contributed by atoms with van der Waals surface area (Å²) in [5.41, 5.74) is 10.3. The number of fused-ring (bicyclic) bond motifs is 1. The summed E-state index contributed by atoms with van der Waals surface area (Å²) in [6.07, 6.45) is 7.16. The van der Waals surface area contributed by atoms with E-state index in [0.717, 1.165) is 89.0 Å². The Labute approximate surface area is 214 Å². The van der Waals surface area contributed by atoms with E-state index in [9.17, 15) is 9.59 Å². The zero-order valence-electron chi connectivity index (χ0n) is 21.5. The van der Waals surface area contributed by atoms with Crippen molar-refractivity contribution in [1.82, 2.24) is 19.6 Å². The molecule has 0 radical (unpaired) electrons. The second-order valence-electron chi connectivity index (χ2n) is 11.1. The van der Waals surface area contributed by atoms with Crippen LogP contribution in [0.1, 0.15) is 48.8 Å². The molecule has 8 heteroatoms. The molecule has 4 aliphatic rings. The summed E-state index contributed by atoms with van der Waals surface area (Å²) >= 11 is 0. The molecular formula is C28H40N6O2. The molecule has 0 atom stereocenters. The van der Waals surface area contributed by atoms with E-state index in [2.05, 4.69) is 29.0 Å². The van der Waals surface area contributed by atoms with Gasteiger partial charge in [0.05, 0.1) is 0 Å². The van der Waals surface area contributed by atoms with Crippen molar-refractivity contribution in [3.8, 4) is 0 Å². The number of rotatable bonds is 5. The molecule has 0 aromatic heterocycles. The molecule has 0 bridgehead atoms. The standard InChI is InChI=1S/C28H40N6O2/c1-31-12-14-32(15-13-31)26(30)18-25(29)23-5-2-21-8-11-34(19-24(21)17-23)27(35)16-20-6-9-33(10-7-20)28(36)22-3-4-22/h2,5,17-18,20,22,30H,3-4,6-16,19,29H2,1H3/b25-18-,30-26?. The van der Waals surface area contributed by atoms with Crippen LogP contribution in [-0.4, -0.2) is 90.1 Å². The molecule has 3 fully saturated rings. The number of piperidine rings is 1. The molecule has 3 heterocycles. The van der Waals surface area contributed by atoms with Gasteiger partial charge >= 0.3 is 0 Å². The highest BCUT2D eigenvalue weighted by Crippen LogP contribution is 2.33. The van der Waals surface area contributed by atoms with Crippen LogP contribution in [-0.2, 0) is 22.6 Å². The molecule has 1 aromatic carbocycles. The van der Waals surface area contributed by atoms with E-state index in [0.29, 0.717) is 36.3 Å². The monoisotopic (exact) mass is 492 g/mol. The van der Waals surface area contributed by atoms with Crippen LogP contribution in [0.15, 0.2) is 24.3 Å². The third kappa shape index (κ3) is 5.75. The number of nitrogens with zero attached hydrogens (tertiary/aromatic N) is 4. The number of benzene rings is 1. The van der Waals surface area contributed by atoms with E-state index in [1.54, 1.807) is 6.08 Å². The summed E-state index contributed by atoms with van der Waals surface area (Å²) in [4.78, 5) is 33.8. The Balaban J connectivity index is 1.16. The normalized spacial score (nSPS) is 21.9. The number of nitrogens with one attached hydrogen (secondary N) is 1. The van der Waals surface area contributed by atoms with Crippen molar-refractivity contribution in [3.63, 3.8) is 0 Å². The lowest BCUT2D eigenvalue weighted by Crippen LogP contribution is -2.46. The van der Waals surface area contributed by atoms with Crippen molar-refractivity contribution in [2.45, 2.75) is 45.1 Å². The highest BCUT2D eigenvalue weighted by molar-refractivity contribution is 5.96. The predicted molar refractivity (Wildman–Crippen MR) is 141 cm³/mol. The topological polar surface area (TPSA) is 97.0 Å². The van der Waals surface area contributed by atoms with Crippen LogP contribution in [0.5, 0.6) is 0 Å². The van der Waals surface area contributed by atoms with Gasteiger partial charge in [0.2, 0.25) is 11.8 Å². The van der Waals surface area contributed by atoms with E-state index < -0.39 is 0 Å². The van der Waals surface area contributed by atoms with Gasteiger partial charge in [-0.15, -0.1) is 0 Å². The Morgan fingerprint density at radius 3 is 2.36 bits per heavy atom. The summed E-state index contributed by atoms with van der Waals surface area (Å²) < 4.78 is 0. The number of carbonyl (C=O) groups excluding carboxylic acids is 2. The average molecular weight is 493 g/mol. The van der Waals surface area contributed by atoms with Gasteiger partial charge in [-0.05, 0) is 67.8 Å². The molecule has 3 aliphatic heterocycles. The summed E-state index contributed by atoms with van der Waals surface area (Å²) in [5, 5.41) is 8.46. The number of amides is 2.